The molecule has 2 N–H and O–H groups in total. The first-order chi connectivity index (χ1) is 9.65. The molecule has 4 heteroatoms. The Balaban J connectivity index is 1.98. The summed E-state index contributed by atoms with van der Waals surface area (Å²) in [6.45, 7) is 10.1. The molecule has 110 valence electrons. The molecule has 0 bridgehead atoms. The van der Waals surface area contributed by atoms with Crippen LogP contribution in [0, 0.1) is 11.8 Å². The second kappa shape index (κ2) is 6.75. The quantitative estimate of drug-likeness (QED) is 0.867. The van der Waals surface area contributed by atoms with E-state index in [-0.39, 0.29) is 11.8 Å². The van der Waals surface area contributed by atoms with E-state index < -0.39 is 0 Å². The summed E-state index contributed by atoms with van der Waals surface area (Å²) in [6.07, 6.45) is 0. The molecule has 2 unspecified atom stereocenters. The summed E-state index contributed by atoms with van der Waals surface area (Å²) < 4.78 is 0. The molecule has 0 spiro atoms. The number of anilines is 2. The van der Waals surface area contributed by atoms with Crippen LogP contribution < -0.4 is 15.5 Å². The Morgan fingerprint density at radius 1 is 1.25 bits per heavy atom. The van der Waals surface area contributed by atoms with Gasteiger partial charge in [0.2, 0.25) is 5.91 Å². The summed E-state index contributed by atoms with van der Waals surface area (Å²) in [7, 11) is 0. The summed E-state index contributed by atoms with van der Waals surface area (Å²) in [6, 6.07) is 8.11. The molecule has 0 radical (unpaired) electrons. The number of rotatable bonds is 5. The third kappa shape index (κ3) is 3.31. The molecule has 1 fully saturated rings. The van der Waals surface area contributed by atoms with Crippen molar-refractivity contribution in [3.63, 3.8) is 0 Å². The van der Waals surface area contributed by atoms with E-state index in [2.05, 4.69) is 48.4 Å². The van der Waals surface area contributed by atoms with Crippen molar-refractivity contribution in [1.82, 2.24) is 5.32 Å². The van der Waals surface area contributed by atoms with E-state index in [4.69, 9.17) is 0 Å². The van der Waals surface area contributed by atoms with E-state index in [0.29, 0.717) is 5.92 Å². The van der Waals surface area contributed by atoms with E-state index in [1.54, 1.807) is 0 Å². The van der Waals surface area contributed by atoms with Gasteiger partial charge in [0.25, 0.3) is 0 Å². The van der Waals surface area contributed by atoms with Crippen molar-refractivity contribution in [3.05, 3.63) is 24.3 Å². The second-order valence-electron chi connectivity index (χ2n) is 5.45. The standard InChI is InChI=1S/C16H25N3O/c1-4-19(5-2)14-8-6-13(7-9-14)18-16(20)15-11-17-10-12(15)3/h6-9,12,15,17H,4-5,10-11H2,1-3H3,(H,18,20). The van der Waals surface area contributed by atoms with Gasteiger partial charge >= 0.3 is 0 Å². The zero-order valence-corrected chi connectivity index (χ0v) is 12.6. The molecule has 0 saturated carbocycles. The van der Waals surface area contributed by atoms with Gasteiger partial charge in [0.1, 0.15) is 0 Å². The maximum Gasteiger partial charge on any atom is 0.229 e. The van der Waals surface area contributed by atoms with Gasteiger partial charge in [-0.25, -0.2) is 0 Å². The van der Waals surface area contributed by atoms with Crippen LogP contribution in [0.15, 0.2) is 24.3 Å². The van der Waals surface area contributed by atoms with E-state index in [0.717, 1.165) is 31.9 Å². The normalized spacial score (nSPS) is 21.8. The molecule has 2 atom stereocenters. The van der Waals surface area contributed by atoms with Crippen LogP contribution in [0.3, 0.4) is 0 Å². The highest BCUT2D eigenvalue weighted by Crippen LogP contribution is 2.21. The van der Waals surface area contributed by atoms with Crippen molar-refractivity contribution in [2.45, 2.75) is 20.8 Å². The van der Waals surface area contributed by atoms with Gasteiger partial charge in [0, 0.05) is 31.0 Å². The monoisotopic (exact) mass is 275 g/mol. The van der Waals surface area contributed by atoms with Gasteiger partial charge in [-0.2, -0.15) is 0 Å². The molecule has 2 rings (SSSR count). The summed E-state index contributed by atoms with van der Waals surface area (Å²) in [5.41, 5.74) is 2.08. The minimum Gasteiger partial charge on any atom is -0.372 e. The average Bonchev–Trinajstić information content (AvgIpc) is 2.88. The van der Waals surface area contributed by atoms with Crippen LogP contribution in [0.25, 0.3) is 0 Å². The summed E-state index contributed by atoms with van der Waals surface area (Å²) in [5.74, 6) is 0.612. The van der Waals surface area contributed by atoms with E-state index in [1.807, 2.05) is 12.1 Å². The van der Waals surface area contributed by atoms with Crippen molar-refractivity contribution in [3.8, 4) is 0 Å². The van der Waals surface area contributed by atoms with Crippen molar-refractivity contribution in [2.75, 3.05) is 36.4 Å². The first kappa shape index (κ1) is 14.9. The Morgan fingerprint density at radius 3 is 2.40 bits per heavy atom. The smallest absolute Gasteiger partial charge is 0.229 e. The lowest BCUT2D eigenvalue weighted by atomic mass is 9.97. The number of hydrogen-bond acceptors (Lipinski definition) is 3. The fraction of sp³-hybridized carbons (Fsp3) is 0.562. The number of nitrogens with one attached hydrogen (secondary N) is 2. The van der Waals surface area contributed by atoms with E-state index >= 15 is 0 Å². The molecule has 0 aliphatic carbocycles. The molecule has 1 saturated heterocycles. The first-order valence-corrected chi connectivity index (χ1v) is 7.52. The number of carbonyl (C=O) groups is 1. The van der Waals surface area contributed by atoms with Gasteiger partial charge in [0.15, 0.2) is 0 Å². The van der Waals surface area contributed by atoms with Crippen molar-refractivity contribution in [1.29, 1.82) is 0 Å². The molecule has 1 amide bonds. The number of benzene rings is 1. The third-order valence-electron chi connectivity index (χ3n) is 4.12. The Kier molecular flexibility index (Phi) is 5.01. The Morgan fingerprint density at radius 2 is 1.90 bits per heavy atom. The minimum absolute atomic E-state index is 0.0810. The second-order valence-corrected chi connectivity index (χ2v) is 5.45. The van der Waals surface area contributed by atoms with E-state index in [9.17, 15) is 4.79 Å². The minimum atomic E-state index is 0.0810. The average molecular weight is 275 g/mol. The van der Waals surface area contributed by atoms with Crippen molar-refractivity contribution >= 4 is 17.3 Å². The van der Waals surface area contributed by atoms with Crippen LogP contribution in [0.1, 0.15) is 20.8 Å². The summed E-state index contributed by atoms with van der Waals surface area (Å²) >= 11 is 0. The number of carbonyl (C=O) groups excluding carboxylic acids is 1. The lowest BCUT2D eigenvalue weighted by molar-refractivity contribution is -0.120. The van der Waals surface area contributed by atoms with E-state index in [1.165, 1.54) is 5.69 Å². The lowest BCUT2D eigenvalue weighted by Gasteiger charge is -2.21. The third-order valence-corrected chi connectivity index (χ3v) is 4.12. The van der Waals surface area contributed by atoms with Gasteiger partial charge in [-0.15, -0.1) is 0 Å². The topological polar surface area (TPSA) is 44.4 Å². The zero-order valence-electron chi connectivity index (χ0n) is 12.6. The highest BCUT2D eigenvalue weighted by molar-refractivity contribution is 5.93. The van der Waals surface area contributed by atoms with Gasteiger partial charge in [0.05, 0.1) is 5.92 Å². The lowest BCUT2D eigenvalue weighted by Crippen LogP contribution is -2.27. The van der Waals surface area contributed by atoms with Crippen LogP contribution in [0.2, 0.25) is 0 Å². The van der Waals surface area contributed by atoms with Gasteiger partial charge in [-0.05, 0) is 50.6 Å². The molecule has 1 aromatic carbocycles. The van der Waals surface area contributed by atoms with Crippen LogP contribution in [-0.4, -0.2) is 32.1 Å². The molecule has 4 nitrogen and oxygen atoms in total. The summed E-state index contributed by atoms with van der Waals surface area (Å²) in [5, 5.41) is 6.28. The van der Waals surface area contributed by atoms with Crippen LogP contribution in [0.5, 0.6) is 0 Å². The van der Waals surface area contributed by atoms with Gasteiger partial charge in [-0.1, -0.05) is 6.92 Å². The largest absolute Gasteiger partial charge is 0.372 e. The highest BCUT2D eigenvalue weighted by Gasteiger charge is 2.29. The maximum absolute atomic E-state index is 12.2. The summed E-state index contributed by atoms with van der Waals surface area (Å²) in [4.78, 5) is 14.5. The Bertz CT molecular complexity index is 440. The number of amides is 1. The molecular weight excluding hydrogens is 250 g/mol. The van der Waals surface area contributed by atoms with Crippen molar-refractivity contribution in [2.24, 2.45) is 11.8 Å². The maximum atomic E-state index is 12.2. The first-order valence-electron chi connectivity index (χ1n) is 7.52. The van der Waals surface area contributed by atoms with Crippen LogP contribution in [0.4, 0.5) is 11.4 Å². The molecule has 1 heterocycles. The SMILES string of the molecule is CCN(CC)c1ccc(NC(=O)C2CNCC2C)cc1. The Hall–Kier alpha value is -1.55. The molecule has 1 aliphatic heterocycles. The highest BCUT2D eigenvalue weighted by atomic mass is 16.1. The predicted molar refractivity (Wildman–Crippen MR) is 84.2 cm³/mol. The van der Waals surface area contributed by atoms with Crippen LogP contribution in [-0.2, 0) is 4.79 Å². The zero-order chi connectivity index (χ0) is 14.5. The number of hydrogen-bond donors (Lipinski definition) is 2. The molecule has 1 aliphatic rings. The predicted octanol–water partition coefficient (Wildman–Crippen LogP) is 2.33. The van der Waals surface area contributed by atoms with Gasteiger partial charge in [-0.3, -0.25) is 4.79 Å². The van der Waals surface area contributed by atoms with Crippen molar-refractivity contribution < 1.29 is 4.79 Å². The molecule has 1 aromatic rings. The Labute approximate surface area is 121 Å². The van der Waals surface area contributed by atoms with Gasteiger partial charge < -0.3 is 15.5 Å². The fourth-order valence-corrected chi connectivity index (χ4v) is 2.74. The van der Waals surface area contributed by atoms with Crippen LogP contribution >= 0.6 is 0 Å². The molecular formula is C16H25N3O. The number of nitrogens with zero attached hydrogens (tertiary/aromatic N) is 1. The fourth-order valence-electron chi connectivity index (χ4n) is 2.74. The molecule has 20 heavy (non-hydrogen) atoms. The molecule has 0 aromatic heterocycles.